The van der Waals surface area contributed by atoms with Gasteiger partial charge in [0.1, 0.15) is 0 Å². The number of rotatable bonds is 0. The van der Waals surface area contributed by atoms with Crippen molar-refractivity contribution in [2.24, 2.45) is 0 Å². The molecule has 0 bridgehead atoms. The first-order valence-electron chi connectivity index (χ1n) is 1.34. The van der Waals surface area contributed by atoms with E-state index in [1.807, 2.05) is 0 Å². The Morgan fingerprint density at radius 1 is 0.357 bits per heavy atom. The Bertz CT molecular complexity index is 97.3. The normalized spacial score (nSPS) is 0.857. The summed E-state index contributed by atoms with van der Waals surface area (Å²) >= 11 is 0. The van der Waals surface area contributed by atoms with Crippen LogP contribution >= 0.6 is 0 Å². The van der Waals surface area contributed by atoms with Gasteiger partial charge in [0.25, 0.3) is 0 Å². The van der Waals surface area contributed by atoms with Gasteiger partial charge in [-0.3, -0.25) is 0 Å². The van der Waals surface area contributed by atoms with E-state index in [-0.39, 0.29) is 36.3 Å². The summed E-state index contributed by atoms with van der Waals surface area (Å²) in [6.45, 7) is 28.5. The average Bonchev–Trinajstić information content (AvgIpc) is 2.33. The second-order valence-electron chi connectivity index (χ2n) is 0. The summed E-state index contributed by atoms with van der Waals surface area (Å²) in [5.41, 5.74) is 0. The summed E-state index contributed by atoms with van der Waals surface area (Å²) in [6.07, 6.45) is 0. The third-order valence-electron chi connectivity index (χ3n) is 0. The molecule has 0 aromatic heterocycles. The molecule has 0 aliphatic rings. The van der Waals surface area contributed by atoms with E-state index in [0.717, 1.165) is 0 Å². The Morgan fingerprint density at radius 2 is 0.357 bits per heavy atom. The molecule has 6 nitrogen and oxygen atoms in total. The summed E-state index contributed by atoms with van der Waals surface area (Å²) in [4.78, 5) is 0. The summed E-state index contributed by atoms with van der Waals surface area (Å²) < 4.78 is 0. The van der Waals surface area contributed by atoms with Crippen molar-refractivity contribution in [1.29, 1.82) is 31.6 Å². The Labute approximate surface area is 107 Å². The molecule has 14 heavy (non-hydrogen) atoms. The van der Waals surface area contributed by atoms with Crippen molar-refractivity contribution in [2.75, 3.05) is 0 Å². The van der Waals surface area contributed by atoms with E-state index in [9.17, 15) is 0 Å². The molecule has 0 spiro atoms. The van der Waals surface area contributed by atoms with E-state index in [4.69, 9.17) is 71.0 Å². The first-order valence-corrected chi connectivity index (χ1v) is 1.34. The van der Waals surface area contributed by atoms with Crippen molar-refractivity contribution in [3.05, 3.63) is 39.4 Å². The van der Waals surface area contributed by atoms with Gasteiger partial charge in [0.2, 0.25) is 0 Å². The van der Waals surface area contributed by atoms with Gasteiger partial charge in [-0.15, -0.1) is 0 Å². The van der Waals surface area contributed by atoms with Gasteiger partial charge in [0, 0.05) is 0 Å². The molecule has 0 N–H and O–H groups in total. The van der Waals surface area contributed by atoms with E-state index < -0.39 is 0 Å². The Hall–Kier alpha value is -1.93. The quantitative estimate of drug-likeness (QED) is 0.468. The van der Waals surface area contributed by atoms with Gasteiger partial charge in [-0.2, -0.15) is 0 Å². The van der Waals surface area contributed by atoms with Crippen molar-refractivity contribution in [3.8, 4) is 0 Å². The maximum absolute atomic E-state index is 6.25. The minimum atomic E-state index is 0. The van der Waals surface area contributed by atoms with Crippen molar-refractivity contribution in [2.45, 2.75) is 0 Å². The molecule has 0 saturated heterocycles. The molecule has 0 atom stereocenters. The van der Waals surface area contributed by atoms with Crippen LogP contribution < -0.4 is 0 Å². The van der Waals surface area contributed by atoms with Gasteiger partial charge >= 0.3 is 36.3 Å². The summed E-state index contributed by atoms with van der Waals surface area (Å²) in [5.74, 6) is 0. The molecule has 0 aromatic carbocycles. The van der Waals surface area contributed by atoms with Gasteiger partial charge in [0.05, 0.1) is 0 Å². The molecule has 0 saturated carbocycles. The Balaban J connectivity index is -0.00000000500. The monoisotopic (exact) mass is 279 g/mol. The van der Waals surface area contributed by atoms with E-state index in [1.165, 1.54) is 0 Å². The molecule has 0 aromatic rings. The fraction of sp³-hybridized carbons (Fsp3) is 0. The fourth-order valence-electron chi connectivity index (χ4n) is 0. The van der Waals surface area contributed by atoms with E-state index >= 15 is 0 Å². The van der Waals surface area contributed by atoms with Crippen molar-refractivity contribution in [1.82, 2.24) is 0 Å². The number of nitrogens with zero attached hydrogens (tertiary/aromatic N) is 6. The predicted molar refractivity (Wildman–Crippen MR) is 29.8 cm³/mol. The summed E-state index contributed by atoms with van der Waals surface area (Å²) in [6, 6.07) is 0. The number of hydrogen-bond donors (Lipinski definition) is 0. The van der Waals surface area contributed by atoms with Crippen LogP contribution in [0.25, 0.3) is 0 Å². The maximum Gasteiger partial charge on any atom is 3.00 e. The maximum atomic E-state index is 6.25. The molecular formula is C6CoN6Zn-. The van der Waals surface area contributed by atoms with E-state index in [1.54, 1.807) is 0 Å². The second kappa shape index (κ2) is 301. The first kappa shape index (κ1) is 89.3. The predicted octanol–water partition coefficient (Wildman–Crippen LogP) is 0.573. The van der Waals surface area contributed by atoms with Gasteiger partial charge in [-0.05, 0) is 0 Å². The zero-order valence-corrected chi connectivity index (χ0v) is 10.7. The minimum Gasteiger partial charge on any atom is -0.512 e. The van der Waals surface area contributed by atoms with Gasteiger partial charge in [-0.1, -0.05) is 0 Å². The second-order valence-corrected chi connectivity index (χ2v) is 0. The third kappa shape index (κ3) is 222. The molecule has 66 valence electrons. The topological polar surface area (TPSA) is 143 Å². The molecule has 8 heteroatoms. The van der Waals surface area contributed by atoms with E-state index in [2.05, 4.69) is 0 Å². The third-order valence-corrected chi connectivity index (χ3v) is 0. The van der Waals surface area contributed by atoms with Gasteiger partial charge in [0.15, 0.2) is 0 Å². The van der Waals surface area contributed by atoms with Crippen LogP contribution in [0.2, 0.25) is 0 Å². The molecule has 0 aliphatic carbocycles. The zero-order chi connectivity index (χ0) is 12.0. The summed E-state index contributed by atoms with van der Waals surface area (Å²) in [7, 11) is 0. The molecule has 0 aliphatic heterocycles. The fourth-order valence-corrected chi connectivity index (χ4v) is 0. The van der Waals surface area contributed by atoms with Crippen LogP contribution in [-0.2, 0) is 36.3 Å². The standard InChI is InChI=1S/6CN.Co.Zn/c6*1-2;;/q6*-1;+3;+2. The van der Waals surface area contributed by atoms with Crippen LogP contribution in [0.4, 0.5) is 0 Å². The van der Waals surface area contributed by atoms with Crippen molar-refractivity contribution < 1.29 is 36.3 Å². The molecule has 0 unspecified atom stereocenters. The first-order chi connectivity index (χ1) is 6.00. The van der Waals surface area contributed by atoms with Crippen LogP contribution in [0.5, 0.6) is 0 Å². The molecule has 0 radical (unpaired) electrons. The average molecular weight is 280 g/mol. The number of hydrogen-bond acceptors (Lipinski definition) is 6. The summed E-state index contributed by atoms with van der Waals surface area (Å²) in [5, 5.41) is 37.5. The van der Waals surface area contributed by atoms with Crippen LogP contribution in [-0.4, -0.2) is 0 Å². The molecule has 0 heterocycles. The van der Waals surface area contributed by atoms with Crippen LogP contribution in [0.15, 0.2) is 0 Å². The molecular weight excluding hydrogens is 280 g/mol. The molecule has 0 fully saturated rings. The van der Waals surface area contributed by atoms with Gasteiger partial charge in [-0.25, -0.2) is 0 Å². The Morgan fingerprint density at radius 3 is 0.357 bits per heavy atom. The Kier molecular flexibility index (Phi) is 1920. The SMILES string of the molecule is [C-]#N.[C-]#N.[C-]#N.[C-]#N.[C-]#N.[C-]#N.[Co+3].[Zn+2]. The van der Waals surface area contributed by atoms with Crippen LogP contribution in [0.1, 0.15) is 0 Å². The molecule has 0 amide bonds. The minimum absolute atomic E-state index is 0. The van der Waals surface area contributed by atoms with Crippen molar-refractivity contribution in [3.63, 3.8) is 0 Å². The van der Waals surface area contributed by atoms with Crippen molar-refractivity contribution >= 4 is 0 Å². The molecule has 0 rings (SSSR count). The van der Waals surface area contributed by atoms with E-state index in [0.29, 0.717) is 0 Å². The smallest absolute Gasteiger partial charge is 0.512 e. The largest absolute Gasteiger partial charge is 3.00 e. The zero-order valence-electron chi connectivity index (χ0n) is 6.72. The van der Waals surface area contributed by atoms with Crippen LogP contribution in [0, 0.1) is 71.0 Å². The van der Waals surface area contributed by atoms with Gasteiger partial charge < -0.3 is 71.0 Å². The van der Waals surface area contributed by atoms with Crippen LogP contribution in [0.3, 0.4) is 0 Å².